The van der Waals surface area contributed by atoms with Crippen LogP contribution in [0.1, 0.15) is 28.3 Å². The Balaban J connectivity index is 2.39. The van der Waals surface area contributed by atoms with Crippen LogP contribution in [-0.2, 0) is 0 Å². The molecule has 0 fully saturated rings. The number of aryl methyl sites for hydroxylation is 3. The zero-order valence-electron chi connectivity index (χ0n) is 12.7. The summed E-state index contributed by atoms with van der Waals surface area (Å²) in [6.07, 6.45) is 3.75. The summed E-state index contributed by atoms with van der Waals surface area (Å²) in [5.41, 5.74) is 12.2. The molecule has 0 spiro atoms. The third-order valence-electron chi connectivity index (χ3n) is 3.86. The number of benzene rings is 1. The summed E-state index contributed by atoms with van der Waals surface area (Å²) in [5, 5.41) is 0. The van der Waals surface area contributed by atoms with Crippen LogP contribution in [0.3, 0.4) is 0 Å². The van der Waals surface area contributed by atoms with Gasteiger partial charge in [-0.2, -0.15) is 0 Å². The van der Waals surface area contributed by atoms with E-state index in [4.69, 9.17) is 5.73 Å². The normalized spacial score (nSPS) is 12.2. The van der Waals surface area contributed by atoms with Crippen LogP contribution in [0, 0.1) is 20.8 Å². The fourth-order valence-corrected chi connectivity index (χ4v) is 2.69. The van der Waals surface area contributed by atoms with Gasteiger partial charge in [-0.1, -0.05) is 17.7 Å². The van der Waals surface area contributed by atoms with E-state index in [0.717, 1.165) is 0 Å². The molecule has 1 aromatic carbocycles. The summed E-state index contributed by atoms with van der Waals surface area (Å²) in [5.74, 6) is 0. The average Bonchev–Trinajstić information content (AvgIpc) is 2.41. The predicted molar refractivity (Wildman–Crippen MR) is 85.1 cm³/mol. The number of nitrogens with zero attached hydrogens (tertiary/aromatic N) is 2. The third-order valence-corrected chi connectivity index (χ3v) is 3.86. The minimum atomic E-state index is 0.144. The van der Waals surface area contributed by atoms with Crippen molar-refractivity contribution in [2.75, 3.05) is 18.5 Å². The van der Waals surface area contributed by atoms with Gasteiger partial charge in [-0.3, -0.25) is 4.98 Å². The topological polar surface area (TPSA) is 42.1 Å². The van der Waals surface area contributed by atoms with Crippen LogP contribution < -0.4 is 10.6 Å². The van der Waals surface area contributed by atoms with Gasteiger partial charge >= 0.3 is 0 Å². The Morgan fingerprint density at radius 3 is 2.50 bits per heavy atom. The molecule has 1 heterocycles. The molecule has 2 rings (SSSR count). The lowest BCUT2D eigenvalue weighted by atomic mass is 10.0. The summed E-state index contributed by atoms with van der Waals surface area (Å²) in [4.78, 5) is 6.49. The van der Waals surface area contributed by atoms with Crippen molar-refractivity contribution in [2.45, 2.75) is 26.8 Å². The molecule has 2 aromatic rings. The average molecular weight is 269 g/mol. The Labute approximate surface area is 121 Å². The molecule has 0 aliphatic heterocycles. The van der Waals surface area contributed by atoms with E-state index < -0.39 is 0 Å². The van der Waals surface area contributed by atoms with E-state index in [9.17, 15) is 0 Å². The molecule has 0 radical (unpaired) electrons. The maximum absolute atomic E-state index is 6.02. The molecular weight excluding hydrogens is 246 g/mol. The van der Waals surface area contributed by atoms with Gasteiger partial charge in [-0.25, -0.2) is 0 Å². The van der Waals surface area contributed by atoms with Crippen molar-refractivity contribution >= 4 is 5.69 Å². The number of aromatic nitrogens is 1. The molecule has 1 unspecified atom stereocenters. The second-order valence-corrected chi connectivity index (χ2v) is 5.38. The number of hydrogen-bond donors (Lipinski definition) is 1. The number of nitrogens with two attached hydrogens (primary N) is 1. The SMILES string of the molecule is Cc1ccc(N(C)C(CN)c2cnccc2C)c(C)c1. The standard InChI is InChI=1S/C17H23N3/c1-12-5-6-16(14(3)9-12)20(4)17(10-18)15-11-19-8-7-13(15)2/h5-9,11,17H,10,18H2,1-4H3. The Morgan fingerprint density at radius 2 is 1.90 bits per heavy atom. The predicted octanol–water partition coefficient (Wildman–Crippen LogP) is 3.14. The lowest BCUT2D eigenvalue weighted by Crippen LogP contribution is -2.31. The lowest BCUT2D eigenvalue weighted by Gasteiger charge is -2.31. The summed E-state index contributed by atoms with van der Waals surface area (Å²) in [7, 11) is 2.10. The van der Waals surface area contributed by atoms with Gasteiger partial charge in [0.1, 0.15) is 0 Å². The highest BCUT2D eigenvalue weighted by atomic mass is 15.1. The second-order valence-electron chi connectivity index (χ2n) is 5.38. The summed E-state index contributed by atoms with van der Waals surface area (Å²) in [6, 6.07) is 8.69. The Morgan fingerprint density at radius 1 is 1.15 bits per heavy atom. The maximum atomic E-state index is 6.02. The van der Waals surface area contributed by atoms with Crippen molar-refractivity contribution < 1.29 is 0 Å². The fraction of sp³-hybridized carbons (Fsp3) is 0.353. The van der Waals surface area contributed by atoms with Crippen LogP contribution in [0.4, 0.5) is 5.69 Å². The molecule has 2 N–H and O–H groups in total. The van der Waals surface area contributed by atoms with Crippen LogP contribution in [0.2, 0.25) is 0 Å². The molecule has 0 bridgehead atoms. The van der Waals surface area contributed by atoms with E-state index in [0.29, 0.717) is 6.54 Å². The zero-order chi connectivity index (χ0) is 14.7. The van der Waals surface area contributed by atoms with E-state index in [1.54, 1.807) is 0 Å². The van der Waals surface area contributed by atoms with Gasteiger partial charge in [-0.05, 0) is 49.6 Å². The van der Waals surface area contributed by atoms with Crippen molar-refractivity contribution in [1.29, 1.82) is 0 Å². The van der Waals surface area contributed by atoms with Crippen molar-refractivity contribution in [1.82, 2.24) is 4.98 Å². The largest absolute Gasteiger partial charge is 0.366 e. The molecular formula is C17H23N3. The number of rotatable bonds is 4. The van der Waals surface area contributed by atoms with E-state index in [-0.39, 0.29) is 6.04 Å². The first-order valence-corrected chi connectivity index (χ1v) is 6.95. The van der Waals surface area contributed by atoms with Crippen LogP contribution in [0.15, 0.2) is 36.7 Å². The molecule has 0 amide bonds. The minimum absolute atomic E-state index is 0.144. The zero-order valence-corrected chi connectivity index (χ0v) is 12.7. The first kappa shape index (κ1) is 14.5. The number of pyridine rings is 1. The van der Waals surface area contributed by atoms with Crippen LogP contribution >= 0.6 is 0 Å². The molecule has 0 aliphatic carbocycles. The summed E-state index contributed by atoms with van der Waals surface area (Å²) < 4.78 is 0. The van der Waals surface area contributed by atoms with Crippen molar-refractivity contribution in [3.8, 4) is 0 Å². The van der Waals surface area contributed by atoms with E-state index in [1.165, 1.54) is 27.9 Å². The number of hydrogen-bond acceptors (Lipinski definition) is 3. The number of anilines is 1. The van der Waals surface area contributed by atoms with Gasteiger partial charge in [0.25, 0.3) is 0 Å². The van der Waals surface area contributed by atoms with Gasteiger partial charge in [0, 0.05) is 31.7 Å². The van der Waals surface area contributed by atoms with E-state index in [2.05, 4.69) is 55.9 Å². The summed E-state index contributed by atoms with van der Waals surface area (Å²) in [6.45, 7) is 6.93. The van der Waals surface area contributed by atoms with Crippen molar-refractivity contribution in [3.63, 3.8) is 0 Å². The Hall–Kier alpha value is -1.87. The van der Waals surface area contributed by atoms with Crippen LogP contribution in [0.25, 0.3) is 0 Å². The molecule has 3 heteroatoms. The molecule has 1 aromatic heterocycles. The van der Waals surface area contributed by atoms with Crippen LogP contribution in [0.5, 0.6) is 0 Å². The first-order valence-electron chi connectivity index (χ1n) is 6.95. The smallest absolute Gasteiger partial charge is 0.0679 e. The van der Waals surface area contributed by atoms with E-state index >= 15 is 0 Å². The van der Waals surface area contributed by atoms with Crippen LogP contribution in [-0.4, -0.2) is 18.6 Å². The number of likely N-dealkylation sites (N-methyl/N-ethyl adjacent to an activating group) is 1. The quantitative estimate of drug-likeness (QED) is 0.927. The molecule has 0 saturated heterocycles. The second kappa shape index (κ2) is 6.06. The monoisotopic (exact) mass is 269 g/mol. The minimum Gasteiger partial charge on any atom is -0.366 e. The fourth-order valence-electron chi connectivity index (χ4n) is 2.69. The van der Waals surface area contributed by atoms with Gasteiger partial charge in [0.2, 0.25) is 0 Å². The van der Waals surface area contributed by atoms with Gasteiger partial charge in [-0.15, -0.1) is 0 Å². The molecule has 106 valence electrons. The van der Waals surface area contributed by atoms with Crippen molar-refractivity contribution in [2.24, 2.45) is 5.73 Å². The highest BCUT2D eigenvalue weighted by molar-refractivity contribution is 5.55. The highest BCUT2D eigenvalue weighted by Gasteiger charge is 2.19. The Kier molecular flexibility index (Phi) is 4.40. The van der Waals surface area contributed by atoms with Gasteiger partial charge in [0.15, 0.2) is 0 Å². The molecule has 0 aliphatic rings. The molecule has 20 heavy (non-hydrogen) atoms. The van der Waals surface area contributed by atoms with Gasteiger partial charge in [0.05, 0.1) is 6.04 Å². The molecule has 3 nitrogen and oxygen atoms in total. The third kappa shape index (κ3) is 2.83. The summed E-state index contributed by atoms with van der Waals surface area (Å²) >= 11 is 0. The van der Waals surface area contributed by atoms with Crippen molar-refractivity contribution in [3.05, 3.63) is 58.9 Å². The molecule has 1 atom stereocenters. The molecule has 0 saturated carbocycles. The lowest BCUT2D eigenvalue weighted by molar-refractivity contribution is 0.672. The van der Waals surface area contributed by atoms with Gasteiger partial charge < -0.3 is 10.6 Å². The maximum Gasteiger partial charge on any atom is 0.0679 e. The first-order chi connectivity index (χ1) is 9.54. The highest BCUT2D eigenvalue weighted by Crippen LogP contribution is 2.29. The Bertz CT molecular complexity index is 593. The van der Waals surface area contributed by atoms with E-state index in [1.807, 2.05) is 18.5 Å².